The molecule has 0 saturated carbocycles. The van der Waals surface area contributed by atoms with E-state index in [-0.39, 0.29) is 5.56 Å². The monoisotopic (exact) mass is 266 g/mol. The Balaban J connectivity index is 2.00. The van der Waals surface area contributed by atoms with Crippen LogP contribution >= 0.6 is 0 Å². The first-order valence-electron chi connectivity index (χ1n) is 7.37. The summed E-state index contributed by atoms with van der Waals surface area (Å²) in [6, 6.07) is 6.23. The molecule has 3 nitrogen and oxygen atoms in total. The van der Waals surface area contributed by atoms with E-state index in [1.807, 2.05) is 6.07 Å². The van der Waals surface area contributed by atoms with Crippen LogP contribution in [0.5, 0.6) is 0 Å². The lowest BCUT2D eigenvalue weighted by molar-refractivity contribution is 0.672. The lowest BCUT2D eigenvalue weighted by Gasteiger charge is -2.18. The van der Waals surface area contributed by atoms with E-state index in [1.54, 1.807) is 0 Å². The van der Waals surface area contributed by atoms with Crippen molar-refractivity contribution in [2.75, 3.05) is 0 Å². The molecule has 1 heterocycles. The zero-order valence-corrected chi connectivity index (χ0v) is 11.5. The van der Waals surface area contributed by atoms with Crippen molar-refractivity contribution < 1.29 is 0 Å². The molecule has 0 atom stereocenters. The molecule has 2 aliphatic rings. The molecule has 2 aliphatic carbocycles. The van der Waals surface area contributed by atoms with Crippen LogP contribution in [0.1, 0.15) is 40.7 Å². The highest BCUT2D eigenvalue weighted by molar-refractivity contribution is 5.76. The van der Waals surface area contributed by atoms with Gasteiger partial charge in [-0.05, 0) is 47.9 Å². The molecule has 3 heteroatoms. The van der Waals surface area contributed by atoms with Gasteiger partial charge in [0.05, 0.1) is 5.69 Å². The summed E-state index contributed by atoms with van der Waals surface area (Å²) in [6.07, 6.45) is 5.24. The number of hydrogen-bond donors (Lipinski definition) is 2. The van der Waals surface area contributed by atoms with Crippen molar-refractivity contribution in [3.63, 3.8) is 0 Å². The third-order valence-electron chi connectivity index (χ3n) is 4.76. The van der Waals surface area contributed by atoms with Crippen LogP contribution in [-0.4, -0.2) is 4.98 Å². The number of fused-ring (bicyclic) bond motifs is 5. The lowest BCUT2D eigenvalue weighted by Crippen LogP contribution is -2.21. The van der Waals surface area contributed by atoms with Gasteiger partial charge in [-0.2, -0.15) is 0 Å². The third-order valence-corrected chi connectivity index (χ3v) is 4.76. The summed E-state index contributed by atoms with van der Waals surface area (Å²) in [7, 11) is 0. The van der Waals surface area contributed by atoms with E-state index in [0.717, 1.165) is 36.9 Å². The Bertz CT molecular complexity index is 758. The van der Waals surface area contributed by atoms with E-state index in [9.17, 15) is 4.79 Å². The minimum absolute atomic E-state index is 0.115. The van der Waals surface area contributed by atoms with Gasteiger partial charge in [-0.1, -0.05) is 18.2 Å². The highest BCUT2D eigenvalue weighted by Gasteiger charge is 2.27. The Kier molecular flexibility index (Phi) is 2.57. The largest absolute Gasteiger partial charge is 0.326 e. The second-order valence-electron chi connectivity index (χ2n) is 5.80. The minimum atomic E-state index is 0.115. The van der Waals surface area contributed by atoms with Crippen LogP contribution in [0, 0.1) is 0 Å². The summed E-state index contributed by atoms with van der Waals surface area (Å²) in [5, 5.41) is 0. The number of pyridine rings is 1. The fourth-order valence-corrected chi connectivity index (χ4v) is 3.77. The Hall–Kier alpha value is -1.87. The molecule has 0 spiro atoms. The van der Waals surface area contributed by atoms with E-state index < -0.39 is 0 Å². The Morgan fingerprint density at radius 2 is 1.85 bits per heavy atom. The standard InChI is InChI=1S/C17H18N2O/c18-9-10-4-3-7-12-14(10)8-15-11-5-1-2-6-13(11)17(20)19-16(12)15/h3-4,7H,1-2,5-6,8-9,18H2,(H,19,20). The first-order valence-corrected chi connectivity index (χ1v) is 7.37. The molecular formula is C17H18N2O. The second-order valence-corrected chi connectivity index (χ2v) is 5.80. The predicted octanol–water partition coefficient (Wildman–Crippen LogP) is 2.28. The van der Waals surface area contributed by atoms with Crippen molar-refractivity contribution in [3.05, 3.63) is 56.4 Å². The molecular weight excluding hydrogens is 248 g/mol. The number of rotatable bonds is 1. The molecule has 0 bridgehead atoms. The van der Waals surface area contributed by atoms with E-state index in [1.165, 1.54) is 34.2 Å². The highest BCUT2D eigenvalue weighted by Crippen LogP contribution is 2.39. The van der Waals surface area contributed by atoms with Crippen LogP contribution < -0.4 is 11.3 Å². The molecule has 0 aliphatic heterocycles. The van der Waals surface area contributed by atoms with Gasteiger partial charge in [0.25, 0.3) is 5.56 Å². The van der Waals surface area contributed by atoms with Crippen LogP contribution in [-0.2, 0) is 25.8 Å². The molecule has 0 unspecified atom stereocenters. The Morgan fingerprint density at radius 3 is 2.65 bits per heavy atom. The first-order chi connectivity index (χ1) is 9.79. The van der Waals surface area contributed by atoms with Gasteiger partial charge < -0.3 is 10.7 Å². The molecule has 1 aromatic heterocycles. The quantitative estimate of drug-likeness (QED) is 0.710. The average molecular weight is 266 g/mol. The van der Waals surface area contributed by atoms with Crippen LogP contribution in [0.25, 0.3) is 11.3 Å². The molecule has 1 aromatic carbocycles. The Morgan fingerprint density at radius 1 is 1.05 bits per heavy atom. The van der Waals surface area contributed by atoms with Gasteiger partial charge in [0.1, 0.15) is 0 Å². The summed E-state index contributed by atoms with van der Waals surface area (Å²) in [4.78, 5) is 15.4. The van der Waals surface area contributed by atoms with Gasteiger partial charge in [-0.15, -0.1) is 0 Å². The fourth-order valence-electron chi connectivity index (χ4n) is 3.77. The summed E-state index contributed by atoms with van der Waals surface area (Å²) in [5.41, 5.74) is 14.4. The van der Waals surface area contributed by atoms with E-state index in [4.69, 9.17) is 5.73 Å². The summed E-state index contributed by atoms with van der Waals surface area (Å²) in [5.74, 6) is 0. The number of hydrogen-bond acceptors (Lipinski definition) is 2. The summed E-state index contributed by atoms with van der Waals surface area (Å²) in [6.45, 7) is 0.559. The zero-order valence-electron chi connectivity index (χ0n) is 11.5. The maximum atomic E-state index is 12.3. The predicted molar refractivity (Wildman–Crippen MR) is 79.8 cm³/mol. The first kappa shape index (κ1) is 11.9. The van der Waals surface area contributed by atoms with Gasteiger partial charge in [0.15, 0.2) is 0 Å². The van der Waals surface area contributed by atoms with Crippen LogP contribution in [0.2, 0.25) is 0 Å². The van der Waals surface area contributed by atoms with Crippen LogP contribution in [0.4, 0.5) is 0 Å². The Labute approximate surface area is 117 Å². The molecule has 2 aromatic rings. The minimum Gasteiger partial charge on any atom is -0.326 e. The van der Waals surface area contributed by atoms with Gasteiger partial charge in [-0.3, -0.25) is 4.79 Å². The smallest absolute Gasteiger partial charge is 0.251 e. The molecule has 0 radical (unpaired) electrons. The SMILES string of the molecule is NCc1cccc2c1Cc1c-2[nH]c(=O)c2c1CCCC2. The van der Waals surface area contributed by atoms with E-state index in [0.29, 0.717) is 6.54 Å². The molecule has 0 fully saturated rings. The third kappa shape index (κ3) is 1.53. The molecule has 0 saturated heterocycles. The molecule has 0 amide bonds. The van der Waals surface area contributed by atoms with Crippen molar-refractivity contribution in [2.24, 2.45) is 5.73 Å². The number of nitrogens with one attached hydrogen (secondary N) is 1. The number of benzene rings is 1. The van der Waals surface area contributed by atoms with E-state index in [2.05, 4.69) is 17.1 Å². The maximum absolute atomic E-state index is 12.3. The highest BCUT2D eigenvalue weighted by atomic mass is 16.1. The maximum Gasteiger partial charge on any atom is 0.251 e. The van der Waals surface area contributed by atoms with Crippen LogP contribution in [0.3, 0.4) is 0 Å². The van der Waals surface area contributed by atoms with Crippen molar-refractivity contribution in [2.45, 2.75) is 38.6 Å². The van der Waals surface area contributed by atoms with Crippen molar-refractivity contribution >= 4 is 0 Å². The molecule has 102 valence electrons. The fraction of sp³-hybridized carbons (Fsp3) is 0.353. The molecule has 20 heavy (non-hydrogen) atoms. The topological polar surface area (TPSA) is 58.9 Å². The molecule has 4 rings (SSSR count). The lowest BCUT2D eigenvalue weighted by atomic mass is 9.88. The zero-order chi connectivity index (χ0) is 13.7. The second kappa shape index (κ2) is 4.32. The van der Waals surface area contributed by atoms with Crippen molar-refractivity contribution in [3.8, 4) is 11.3 Å². The van der Waals surface area contributed by atoms with Gasteiger partial charge in [-0.25, -0.2) is 0 Å². The summed E-state index contributed by atoms with van der Waals surface area (Å²) >= 11 is 0. The van der Waals surface area contributed by atoms with Crippen LogP contribution in [0.15, 0.2) is 23.0 Å². The summed E-state index contributed by atoms with van der Waals surface area (Å²) < 4.78 is 0. The number of aromatic nitrogens is 1. The average Bonchev–Trinajstić information content (AvgIpc) is 2.86. The normalized spacial score (nSPS) is 15.7. The van der Waals surface area contributed by atoms with Gasteiger partial charge >= 0.3 is 0 Å². The number of H-pyrrole nitrogens is 1. The van der Waals surface area contributed by atoms with Gasteiger partial charge in [0.2, 0.25) is 0 Å². The van der Waals surface area contributed by atoms with Gasteiger partial charge in [0, 0.05) is 24.1 Å². The number of nitrogens with two attached hydrogens (primary N) is 1. The van der Waals surface area contributed by atoms with Crippen molar-refractivity contribution in [1.29, 1.82) is 0 Å². The van der Waals surface area contributed by atoms with E-state index >= 15 is 0 Å². The number of aromatic amines is 1. The molecule has 3 N–H and O–H groups in total. The van der Waals surface area contributed by atoms with Crippen molar-refractivity contribution in [1.82, 2.24) is 4.98 Å².